The van der Waals surface area contributed by atoms with Gasteiger partial charge in [-0.05, 0) is 22.0 Å². The summed E-state index contributed by atoms with van der Waals surface area (Å²) in [5.41, 5.74) is 0.121. The monoisotopic (exact) mass is 283 g/mol. The van der Waals surface area contributed by atoms with Crippen molar-refractivity contribution in [3.63, 3.8) is 0 Å². The van der Waals surface area contributed by atoms with Gasteiger partial charge in [0.05, 0.1) is 5.88 Å². The van der Waals surface area contributed by atoms with Crippen LogP contribution in [0.5, 0.6) is 0 Å². The molecule has 0 aliphatic carbocycles. The normalized spacial score (nSPS) is 10.6. The second-order valence-corrected chi connectivity index (χ2v) is 3.48. The molecule has 0 aliphatic rings. The summed E-state index contributed by atoms with van der Waals surface area (Å²) in [5.74, 6) is 0.0468. The first-order valence-corrected chi connectivity index (χ1v) is 4.91. The number of rotatable bonds is 3. The van der Waals surface area contributed by atoms with Crippen LogP contribution in [0.1, 0.15) is 28.0 Å². The van der Waals surface area contributed by atoms with Crippen molar-refractivity contribution in [2.45, 2.75) is 12.3 Å². The number of nitrogens with zero attached hydrogens (tertiary/aromatic N) is 1. The van der Waals surface area contributed by atoms with Gasteiger partial charge in [-0.25, -0.2) is 13.8 Å². The van der Waals surface area contributed by atoms with Crippen molar-refractivity contribution in [1.29, 1.82) is 0 Å². The fourth-order valence-corrected chi connectivity index (χ4v) is 1.94. The zero-order valence-corrected chi connectivity index (χ0v) is 9.15. The van der Waals surface area contributed by atoms with E-state index in [0.717, 1.165) is 6.07 Å². The molecule has 6 heteroatoms. The molecule has 0 unspecified atom stereocenters. The Bertz CT molecular complexity index is 359. The highest BCUT2D eigenvalue weighted by Gasteiger charge is 2.15. The molecule has 0 amide bonds. The van der Waals surface area contributed by atoms with Crippen molar-refractivity contribution in [1.82, 2.24) is 4.98 Å². The molecule has 14 heavy (non-hydrogen) atoms. The molecule has 0 aromatic carbocycles. The fraction of sp³-hybridized carbons (Fsp3) is 0.250. The minimum absolute atomic E-state index is 0.0468. The van der Waals surface area contributed by atoms with E-state index in [9.17, 15) is 13.6 Å². The Balaban J connectivity index is 3.31. The number of halogens is 4. The number of aromatic nitrogens is 1. The Morgan fingerprint density at radius 1 is 1.64 bits per heavy atom. The standard InChI is InChI=1S/C8H5BrClF2NO/c9-7-5(2-10)4(3-14)1-6(13-7)8(11)12/h1,3,8H,2H2. The number of carbonyl (C=O) groups is 1. The molecular weight excluding hydrogens is 279 g/mol. The Kier molecular flexibility index (Phi) is 3.95. The van der Waals surface area contributed by atoms with E-state index in [2.05, 4.69) is 20.9 Å². The lowest BCUT2D eigenvalue weighted by molar-refractivity contribution is 0.112. The first kappa shape index (κ1) is 11.5. The largest absolute Gasteiger partial charge is 0.298 e. The summed E-state index contributed by atoms with van der Waals surface area (Å²) in [4.78, 5) is 14.1. The van der Waals surface area contributed by atoms with Crippen LogP contribution in [-0.2, 0) is 5.88 Å². The van der Waals surface area contributed by atoms with E-state index in [1.165, 1.54) is 0 Å². The van der Waals surface area contributed by atoms with E-state index >= 15 is 0 Å². The molecule has 0 saturated heterocycles. The Morgan fingerprint density at radius 2 is 2.29 bits per heavy atom. The molecule has 0 aliphatic heterocycles. The lowest BCUT2D eigenvalue weighted by atomic mass is 10.1. The number of pyridine rings is 1. The maximum atomic E-state index is 12.3. The van der Waals surface area contributed by atoms with Gasteiger partial charge in [0.15, 0.2) is 6.29 Å². The van der Waals surface area contributed by atoms with E-state index in [1.807, 2.05) is 0 Å². The summed E-state index contributed by atoms with van der Waals surface area (Å²) < 4.78 is 24.7. The number of hydrogen-bond donors (Lipinski definition) is 0. The fourth-order valence-electron chi connectivity index (χ4n) is 0.928. The molecule has 76 valence electrons. The molecule has 0 radical (unpaired) electrons. The quantitative estimate of drug-likeness (QED) is 0.484. The number of alkyl halides is 3. The third-order valence-corrected chi connectivity index (χ3v) is 2.54. The van der Waals surface area contributed by atoms with Gasteiger partial charge in [0.25, 0.3) is 6.43 Å². The van der Waals surface area contributed by atoms with Gasteiger partial charge in [-0.15, -0.1) is 11.6 Å². The average Bonchev–Trinajstić information content (AvgIpc) is 2.16. The van der Waals surface area contributed by atoms with Crippen molar-refractivity contribution in [3.8, 4) is 0 Å². The molecule has 1 heterocycles. The number of carbonyl (C=O) groups excluding carboxylic acids is 1. The molecule has 0 spiro atoms. The minimum atomic E-state index is -2.70. The van der Waals surface area contributed by atoms with Crippen LogP contribution >= 0.6 is 27.5 Å². The van der Waals surface area contributed by atoms with Gasteiger partial charge >= 0.3 is 0 Å². The highest BCUT2D eigenvalue weighted by atomic mass is 79.9. The van der Waals surface area contributed by atoms with Crippen molar-refractivity contribution >= 4 is 33.8 Å². The summed E-state index contributed by atoms with van der Waals surface area (Å²) in [5, 5.41) is 0. The zero-order valence-electron chi connectivity index (χ0n) is 6.81. The summed E-state index contributed by atoms with van der Waals surface area (Å²) in [6.07, 6.45) is -2.22. The lowest BCUT2D eigenvalue weighted by Crippen LogP contribution is -1.99. The third-order valence-electron chi connectivity index (χ3n) is 1.61. The minimum Gasteiger partial charge on any atom is -0.298 e. The smallest absolute Gasteiger partial charge is 0.280 e. The first-order chi connectivity index (χ1) is 6.60. The van der Waals surface area contributed by atoms with Gasteiger partial charge in [-0.3, -0.25) is 4.79 Å². The average molecular weight is 284 g/mol. The van der Waals surface area contributed by atoms with Crippen molar-refractivity contribution in [3.05, 3.63) is 27.5 Å². The second-order valence-electron chi connectivity index (χ2n) is 2.46. The Hall–Kier alpha value is -0.550. The molecule has 0 atom stereocenters. The van der Waals surface area contributed by atoms with Gasteiger partial charge in [0.1, 0.15) is 10.3 Å². The molecule has 2 nitrogen and oxygen atoms in total. The maximum absolute atomic E-state index is 12.3. The van der Waals surface area contributed by atoms with Crippen LogP contribution in [0.15, 0.2) is 10.7 Å². The third kappa shape index (κ3) is 2.27. The van der Waals surface area contributed by atoms with E-state index in [1.54, 1.807) is 0 Å². The topological polar surface area (TPSA) is 30.0 Å². The molecule has 0 N–H and O–H groups in total. The van der Waals surface area contributed by atoms with E-state index < -0.39 is 12.1 Å². The van der Waals surface area contributed by atoms with Crippen LogP contribution < -0.4 is 0 Å². The molecule has 1 rings (SSSR count). The van der Waals surface area contributed by atoms with Gasteiger partial charge in [0, 0.05) is 11.1 Å². The van der Waals surface area contributed by atoms with Crippen molar-refractivity contribution in [2.75, 3.05) is 0 Å². The van der Waals surface area contributed by atoms with Crippen LogP contribution in [0, 0.1) is 0 Å². The SMILES string of the molecule is O=Cc1cc(C(F)F)nc(Br)c1CCl. The summed E-state index contributed by atoms with van der Waals surface area (Å²) in [6, 6.07) is 1.04. The van der Waals surface area contributed by atoms with Crippen LogP contribution in [0.2, 0.25) is 0 Å². The predicted molar refractivity (Wildman–Crippen MR) is 51.8 cm³/mol. The van der Waals surface area contributed by atoms with E-state index in [4.69, 9.17) is 11.6 Å². The van der Waals surface area contributed by atoms with Crippen molar-refractivity contribution < 1.29 is 13.6 Å². The van der Waals surface area contributed by atoms with Crippen LogP contribution in [0.25, 0.3) is 0 Å². The number of aldehydes is 1. The van der Waals surface area contributed by atoms with E-state index in [-0.39, 0.29) is 16.0 Å². The number of hydrogen-bond acceptors (Lipinski definition) is 2. The summed E-state index contributed by atoms with van der Waals surface area (Å²) >= 11 is 8.51. The highest BCUT2D eigenvalue weighted by molar-refractivity contribution is 9.10. The lowest BCUT2D eigenvalue weighted by Gasteiger charge is -2.06. The van der Waals surface area contributed by atoms with Crippen molar-refractivity contribution in [2.24, 2.45) is 0 Å². The van der Waals surface area contributed by atoms with Crippen LogP contribution in [0.3, 0.4) is 0 Å². The van der Waals surface area contributed by atoms with Gasteiger partial charge in [0.2, 0.25) is 0 Å². The molecule has 0 bridgehead atoms. The second kappa shape index (κ2) is 4.79. The summed E-state index contributed by atoms with van der Waals surface area (Å²) in [6.45, 7) is 0. The molecule has 1 aromatic rings. The Labute approximate surface area is 92.4 Å². The highest BCUT2D eigenvalue weighted by Crippen LogP contribution is 2.25. The molecule has 0 fully saturated rings. The van der Waals surface area contributed by atoms with E-state index in [0.29, 0.717) is 11.8 Å². The first-order valence-electron chi connectivity index (χ1n) is 3.58. The van der Waals surface area contributed by atoms with Gasteiger partial charge in [-0.1, -0.05) is 0 Å². The summed E-state index contributed by atoms with van der Waals surface area (Å²) in [7, 11) is 0. The Morgan fingerprint density at radius 3 is 2.71 bits per heavy atom. The molecular formula is C8H5BrClF2NO. The van der Waals surface area contributed by atoms with Gasteiger partial charge < -0.3 is 0 Å². The van der Waals surface area contributed by atoms with Crippen LogP contribution in [-0.4, -0.2) is 11.3 Å². The molecule has 0 saturated carbocycles. The van der Waals surface area contributed by atoms with Gasteiger partial charge in [-0.2, -0.15) is 0 Å². The molecule has 1 aromatic heterocycles. The maximum Gasteiger partial charge on any atom is 0.280 e. The predicted octanol–water partition coefficient (Wildman–Crippen LogP) is 3.33. The van der Waals surface area contributed by atoms with Crippen LogP contribution in [0.4, 0.5) is 8.78 Å². The zero-order chi connectivity index (χ0) is 10.7.